The molecule has 128 valence electrons. The van der Waals surface area contributed by atoms with Gasteiger partial charge < -0.3 is 9.47 Å². The molecule has 0 aliphatic rings. The van der Waals surface area contributed by atoms with Crippen molar-refractivity contribution >= 4 is 0 Å². The molecule has 0 bridgehead atoms. The van der Waals surface area contributed by atoms with Crippen LogP contribution in [0.1, 0.15) is 25.3 Å². The molecular formula is C23H24O2. The second-order valence-corrected chi connectivity index (χ2v) is 6.42. The van der Waals surface area contributed by atoms with Crippen LogP contribution in [-0.2, 0) is 0 Å². The SMILES string of the molecule is COc1ccc(-c2ccc(-c3ccc(OC)c(C(C)C)c3)cc2)cc1. The van der Waals surface area contributed by atoms with E-state index in [1.807, 2.05) is 12.1 Å². The summed E-state index contributed by atoms with van der Waals surface area (Å²) in [6.07, 6.45) is 0. The lowest BCUT2D eigenvalue weighted by Crippen LogP contribution is -1.94. The predicted molar refractivity (Wildman–Crippen MR) is 105 cm³/mol. The van der Waals surface area contributed by atoms with Gasteiger partial charge in [0.1, 0.15) is 11.5 Å². The highest BCUT2D eigenvalue weighted by atomic mass is 16.5. The fourth-order valence-corrected chi connectivity index (χ4v) is 3.00. The van der Waals surface area contributed by atoms with Gasteiger partial charge in [-0.2, -0.15) is 0 Å². The van der Waals surface area contributed by atoms with Gasteiger partial charge in [0, 0.05) is 0 Å². The standard InChI is InChI=1S/C23H24O2/c1-16(2)22-15-20(11-14-23(22)25-4)19-7-5-17(6-8-19)18-9-12-21(24-3)13-10-18/h5-16H,1-4H3. The molecule has 0 fully saturated rings. The van der Waals surface area contributed by atoms with E-state index in [4.69, 9.17) is 9.47 Å². The van der Waals surface area contributed by atoms with Crippen LogP contribution < -0.4 is 9.47 Å². The Morgan fingerprint density at radius 3 is 1.56 bits per heavy atom. The first kappa shape index (κ1) is 17.1. The van der Waals surface area contributed by atoms with Crippen molar-refractivity contribution in [2.45, 2.75) is 19.8 Å². The van der Waals surface area contributed by atoms with Gasteiger partial charge in [-0.1, -0.05) is 56.3 Å². The maximum Gasteiger partial charge on any atom is 0.122 e. The zero-order chi connectivity index (χ0) is 17.8. The van der Waals surface area contributed by atoms with E-state index >= 15 is 0 Å². The first-order chi connectivity index (χ1) is 12.1. The average Bonchev–Trinajstić information content (AvgIpc) is 2.67. The van der Waals surface area contributed by atoms with Crippen LogP contribution in [0.3, 0.4) is 0 Å². The smallest absolute Gasteiger partial charge is 0.122 e. The molecule has 25 heavy (non-hydrogen) atoms. The molecule has 3 aromatic carbocycles. The van der Waals surface area contributed by atoms with Gasteiger partial charge in [0.2, 0.25) is 0 Å². The summed E-state index contributed by atoms with van der Waals surface area (Å²) in [7, 11) is 3.41. The van der Waals surface area contributed by atoms with E-state index in [-0.39, 0.29) is 0 Å². The Morgan fingerprint density at radius 2 is 1.08 bits per heavy atom. The lowest BCUT2D eigenvalue weighted by atomic mass is 9.95. The Balaban J connectivity index is 1.90. The molecule has 0 saturated carbocycles. The van der Waals surface area contributed by atoms with Crippen molar-refractivity contribution < 1.29 is 9.47 Å². The highest BCUT2D eigenvalue weighted by Crippen LogP contribution is 2.32. The third-order valence-corrected chi connectivity index (χ3v) is 4.49. The normalized spacial score (nSPS) is 10.8. The first-order valence-corrected chi connectivity index (χ1v) is 8.55. The summed E-state index contributed by atoms with van der Waals surface area (Å²) >= 11 is 0. The van der Waals surface area contributed by atoms with Gasteiger partial charge in [-0.3, -0.25) is 0 Å². The average molecular weight is 332 g/mol. The van der Waals surface area contributed by atoms with Crippen LogP contribution in [0.4, 0.5) is 0 Å². The zero-order valence-corrected chi connectivity index (χ0v) is 15.2. The van der Waals surface area contributed by atoms with Crippen molar-refractivity contribution in [2.75, 3.05) is 14.2 Å². The molecule has 0 aliphatic carbocycles. The summed E-state index contributed by atoms with van der Waals surface area (Å²) in [5.74, 6) is 2.25. The Bertz CT molecular complexity index is 831. The molecule has 0 spiro atoms. The molecule has 0 saturated heterocycles. The molecule has 0 radical (unpaired) electrons. The minimum atomic E-state index is 0.425. The van der Waals surface area contributed by atoms with Gasteiger partial charge in [-0.25, -0.2) is 0 Å². The summed E-state index contributed by atoms with van der Waals surface area (Å²) < 4.78 is 10.7. The molecule has 3 aromatic rings. The first-order valence-electron chi connectivity index (χ1n) is 8.55. The highest BCUT2D eigenvalue weighted by Gasteiger charge is 2.09. The maximum atomic E-state index is 5.48. The molecule has 0 amide bonds. The molecule has 2 heteroatoms. The minimum absolute atomic E-state index is 0.425. The number of rotatable bonds is 5. The summed E-state index contributed by atoms with van der Waals surface area (Å²) in [6.45, 7) is 4.38. The monoisotopic (exact) mass is 332 g/mol. The minimum Gasteiger partial charge on any atom is -0.497 e. The largest absolute Gasteiger partial charge is 0.497 e. The van der Waals surface area contributed by atoms with Crippen LogP contribution in [0, 0.1) is 0 Å². The van der Waals surface area contributed by atoms with Gasteiger partial charge in [-0.15, -0.1) is 0 Å². The van der Waals surface area contributed by atoms with E-state index in [0.717, 1.165) is 11.5 Å². The van der Waals surface area contributed by atoms with Gasteiger partial charge in [0.15, 0.2) is 0 Å². The van der Waals surface area contributed by atoms with E-state index < -0.39 is 0 Å². The Labute approximate surface area is 150 Å². The quantitative estimate of drug-likeness (QED) is 0.557. The van der Waals surface area contributed by atoms with Crippen molar-refractivity contribution in [1.82, 2.24) is 0 Å². The Morgan fingerprint density at radius 1 is 0.600 bits per heavy atom. The lowest BCUT2D eigenvalue weighted by molar-refractivity contribution is 0.407. The number of hydrogen-bond donors (Lipinski definition) is 0. The van der Waals surface area contributed by atoms with Crippen LogP contribution in [0.25, 0.3) is 22.3 Å². The molecule has 3 rings (SSSR count). The third-order valence-electron chi connectivity index (χ3n) is 4.49. The molecule has 0 N–H and O–H groups in total. The Hall–Kier alpha value is -2.74. The van der Waals surface area contributed by atoms with E-state index in [2.05, 4.69) is 68.4 Å². The van der Waals surface area contributed by atoms with E-state index in [0.29, 0.717) is 5.92 Å². The Kier molecular flexibility index (Phi) is 5.08. The van der Waals surface area contributed by atoms with E-state index in [1.165, 1.54) is 27.8 Å². The second kappa shape index (κ2) is 7.43. The van der Waals surface area contributed by atoms with Crippen molar-refractivity contribution in [2.24, 2.45) is 0 Å². The summed E-state index contributed by atoms with van der Waals surface area (Å²) in [6, 6.07) is 23.2. The van der Waals surface area contributed by atoms with Gasteiger partial charge in [-0.05, 0) is 58.0 Å². The van der Waals surface area contributed by atoms with Crippen molar-refractivity contribution in [3.8, 4) is 33.8 Å². The third kappa shape index (κ3) is 3.69. The van der Waals surface area contributed by atoms with Crippen LogP contribution in [0.5, 0.6) is 11.5 Å². The number of methoxy groups -OCH3 is 2. The fraction of sp³-hybridized carbons (Fsp3) is 0.217. The summed E-state index contributed by atoms with van der Waals surface area (Å²) in [4.78, 5) is 0. The molecule has 2 nitrogen and oxygen atoms in total. The molecule has 0 aromatic heterocycles. The highest BCUT2D eigenvalue weighted by molar-refractivity contribution is 5.71. The summed E-state index contributed by atoms with van der Waals surface area (Å²) in [5.41, 5.74) is 6.04. The van der Waals surface area contributed by atoms with Crippen LogP contribution in [0.15, 0.2) is 66.7 Å². The molecule has 0 unspecified atom stereocenters. The maximum absolute atomic E-state index is 5.48. The second-order valence-electron chi connectivity index (χ2n) is 6.42. The van der Waals surface area contributed by atoms with Crippen LogP contribution in [-0.4, -0.2) is 14.2 Å². The van der Waals surface area contributed by atoms with Crippen LogP contribution >= 0.6 is 0 Å². The van der Waals surface area contributed by atoms with E-state index in [9.17, 15) is 0 Å². The molecule has 0 aliphatic heterocycles. The van der Waals surface area contributed by atoms with Crippen molar-refractivity contribution in [3.63, 3.8) is 0 Å². The van der Waals surface area contributed by atoms with Crippen molar-refractivity contribution in [1.29, 1.82) is 0 Å². The number of benzene rings is 3. The predicted octanol–water partition coefficient (Wildman–Crippen LogP) is 6.16. The number of ether oxygens (including phenoxy) is 2. The number of hydrogen-bond acceptors (Lipinski definition) is 2. The zero-order valence-electron chi connectivity index (χ0n) is 15.2. The van der Waals surface area contributed by atoms with Crippen molar-refractivity contribution in [3.05, 3.63) is 72.3 Å². The van der Waals surface area contributed by atoms with Gasteiger partial charge >= 0.3 is 0 Å². The van der Waals surface area contributed by atoms with E-state index in [1.54, 1.807) is 14.2 Å². The topological polar surface area (TPSA) is 18.5 Å². The molecule has 0 heterocycles. The van der Waals surface area contributed by atoms with Crippen LogP contribution in [0.2, 0.25) is 0 Å². The lowest BCUT2D eigenvalue weighted by Gasteiger charge is -2.14. The van der Waals surface area contributed by atoms with Gasteiger partial charge in [0.25, 0.3) is 0 Å². The fourth-order valence-electron chi connectivity index (χ4n) is 3.00. The molecular weight excluding hydrogens is 308 g/mol. The summed E-state index contributed by atoms with van der Waals surface area (Å²) in [5, 5.41) is 0. The van der Waals surface area contributed by atoms with Gasteiger partial charge in [0.05, 0.1) is 14.2 Å². The molecule has 0 atom stereocenters.